The molecular formula is C22H22Cl2N4O. The van der Waals surface area contributed by atoms with Crippen LogP contribution >= 0.6 is 23.2 Å². The summed E-state index contributed by atoms with van der Waals surface area (Å²) in [7, 11) is 0. The molecule has 2 N–H and O–H groups in total. The number of nitrogens with one attached hydrogen (secondary N) is 2. The van der Waals surface area contributed by atoms with Crippen LogP contribution in [0.25, 0.3) is 0 Å². The smallest absolute Gasteiger partial charge is 0.251 e. The minimum atomic E-state index is -0.0105. The van der Waals surface area contributed by atoms with Crippen molar-refractivity contribution in [3.63, 3.8) is 0 Å². The molecule has 1 fully saturated rings. The number of aromatic nitrogens is 2. The van der Waals surface area contributed by atoms with Crippen LogP contribution in [0, 0.1) is 5.92 Å². The molecule has 0 bridgehead atoms. The molecule has 0 radical (unpaired) electrons. The van der Waals surface area contributed by atoms with Crippen molar-refractivity contribution in [3.8, 4) is 0 Å². The van der Waals surface area contributed by atoms with Gasteiger partial charge in [0.1, 0.15) is 5.82 Å². The van der Waals surface area contributed by atoms with E-state index in [4.69, 9.17) is 23.2 Å². The number of para-hydroxylation sites is 2. The molecule has 0 saturated heterocycles. The van der Waals surface area contributed by atoms with Crippen LogP contribution in [0.2, 0.25) is 10.0 Å². The van der Waals surface area contributed by atoms with Gasteiger partial charge in [-0.3, -0.25) is 4.79 Å². The van der Waals surface area contributed by atoms with Crippen LogP contribution < -0.4 is 10.6 Å². The Balaban J connectivity index is 1.67. The first kappa shape index (κ1) is 19.8. The van der Waals surface area contributed by atoms with Gasteiger partial charge in [0.25, 0.3) is 5.91 Å². The van der Waals surface area contributed by atoms with Gasteiger partial charge >= 0.3 is 0 Å². The van der Waals surface area contributed by atoms with Gasteiger partial charge in [-0.2, -0.15) is 4.68 Å². The van der Waals surface area contributed by atoms with E-state index in [0.29, 0.717) is 21.7 Å². The van der Waals surface area contributed by atoms with Gasteiger partial charge in [0, 0.05) is 12.0 Å². The van der Waals surface area contributed by atoms with E-state index < -0.39 is 0 Å². The predicted octanol–water partition coefficient (Wildman–Crippen LogP) is 6.90. The maximum atomic E-state index is 13.2. The lowest BCUT2D eigenvalue weighted by molar-refractivity contribution is 0.0788. The first-order valence-corrected chi connectivity index (χ1v) is 10.5. The largest absolute Gasteiger partial charge is 0.339 e. The van der Waals surface area contributed by atoms with Crippen molar-refractivity contribution in [2.45, 2.75) is 32.1 Å². The zero-order valence-electron chi connectivity index (χ0n) is 15.9. The van der Waals surface area contributed by atoms with Gasteiger partial charge in [0.15, 0.2) is 5.82 Å². The van der Waals surface area contributed by atoms with Gasteiger partial charge in [-0.15, -0.1) is 5.10 Å². The molecule has 0 atom stereocenters. The zero-order valence-corrected chi connectivity index (χ0v) is 17.4. The van der Waals surface area contributed by atoms with E-state index in [2.05, 4.69) is 15.7 Å². The summed E-state index contributed by atoms with van der Waals surface area (Å²) in [6.45, 7) is 0. The molecule has 29 heavy (non-hydrogen) atoms. The summed E-state index contributed by atoms with van der Waals surface area (Å²) in [5, 5.41) is 12.2. The number of benzene rings is 2. The third-order valence-corrected chi connectivity index (χ3v) is 5.80. The molecule has 2 aromatic carbocycles. The summed E-state index contributed by atoms with van der Waals surface area (Å²) >= 11 is 12.6. The molecule has 0 aliphatic heterocycles. The van der Waals surface area contributed by atoms with Gasteiger partial charge in [-0.25, -0.2) is 0 Å². The van der Waals surface area contributed by atoms with E-state index in [9.17, 15) is 4.79 Å². The van der Waals surface area contributed by atoms with E-state index in [1.165, 1.54) is 11.1 Å². The third kappa shape index (κ3) is 4.57. The molecule has 7 heteroatoms. The molecule has 1 aliphatic carbocycles. The average molecular weight is 429 g/mol. The number of nitrogens with zero attached hydrogens (tertiary/aromatic N) is 2. The van der Waals surface area contributed by atoms with Gasteiger partial charge < -0.3 is 10.6 Å². The fraction of sp³-hybridized carbons (Fsp3) is 0.273. The fourth-order valence-corrected chi connectivity index (χ4v) is 3.99. The van der Waals surface area contributed by atoms with Crippen LogP contribution in [0.4, 0.5) is 23.0 Å². The Morgan fingerprint density at radius 3 is 2.10 bits per heavy atom. The Bertz CT molecular complexity index is 1010. The lowest BCUT2D eigenvalue weighted by Crippen LogP contribution is -2.25. The monoisotopic (exact) mass is 428 g/mol. The molecule has 0 unspecified atom stereocenters. The minimum absolute atomic E-state index is 0.00598. The molecule has 1 heterocycles. The van der Waals surface area contributed by atoms with Crippen LogP contribution in [-0.4, -0.2) is 15.7 Å². The number of carbonyl (C=O) groups is 1. The van der Waals surface area contributed by atoms with E-state index >= 15 is 0 Å². The Hall–Kier alpha value is -2.50. The van der Waals surface area contributed by atoms with Crippen molar-refractivity contribution in [1.82, 2.24) is 9.78 Å². The Morgan fingerprint density at radius 1 is 0.897 bits per heavy atom. The molecule has 1 saturated carbocycles. The van der Waals surface area contributed by atoms with Crippen molar-refractivity contribution >= 4 is 52.1 Å². The third-order valence-electron chi connectivity index (χ3n) is 5.15. The Kier molecular flexibility index (Phi) is 6.07. The van der Waals surface area contributed by atoms with Crippen molar-refractivity contribution in [2.75, 3.05) is 10.6 Å². The summed E-state index contributed by atoms with van der Waals surface area (Å²) in [5.74, 6) is 1.11. The van der Waals surface area contributed by atoms with Gasteiger partial charge in [-0.05, 0) is 37.1 Å². The highest BCUT2D eigenvalue weighted by Crippen LogP contribution is 2.31. The standard InChI is InChI=1S/C22H22Cl2N4O/c23-16-10-4-6-12-18(16)25-20-14-21(26-19-13-7-5-11-17(19)24)28(27-20)22(29)15-8-2-1-3-9-15/h4-7,10-15,26H,1-3,8-9H2,(H,25,27). The summed E-state index contributed by atoms with van der Waals surface area (Å²) in [6.07, 6.45) is 5.15. The SMILES string of the molecule is O=C(C1CCCCC1)n1nc(Nc2ccccc2Cl)cc1Nc1ccccc1Cl. The van der Waals surface area contributed by atoms with Crippen molar-refractivity contribution < 1.29 is 4.79 Å². The van der Waals surface area contributed by atoms with Gasteiger partial charge in [-0.1, -0.05) is 66.7 Å². The average Bonchev–Trinajstić information content (AvgIpc) is 3.14. The second-order valence-electron chi connectivity index (χ2n) is 7.21. The fourth-order valence-electron chi connectivity index (χ4n) is 3.62. The van der Waals surface area contributed by atoms with Gasteiger partial charge in [0.05, 0.1) is 21.4 Å². The quantitative estimate of drug-likeness (QED) is 0.463. The lowest BCUT2D eigenvalue weighted by Gasteiger charge is -2.21. The summed E-state index contributed by atoms with van der Waals surface area (Å²) in [4.78, 5) is 13.2. The first-order chi connectivity index (χ1) is 14.1. The maximum Gasteiger partial charge on any atom is 0.251 e. The number of hydrogen-bond acceptors (Lipinski definition) is 4. The highest BCUT2D eigenvalue weighted by atomic mass is 35.5. The molecule has 5 nitrogen and oxygen atoms in total. The van der Waals surface area contributed by atoms with Crippen LogP contribution in [0.1, 0.15) is 36.9 Å². The highest BCUT2D eigenvalue weighted by Gasteiger charge is 2.26. The minimum Gasteiger partial charge on any atom is -0.339 e. The van der Waals surface area contributed by atoms with Crippen LogP contribution in [0.15, 0.2) is 54.6 Å². The maximum absolute atomic E-state index is 13.2. The molecular weight excluding hydrogens is 407 g/mol. The topological polar surface area (TPSA) is 59.0 Å². The number of halogens is 2. The number of hydrogen-bond donors (Lipinski definition) is 2. The summed E-state index contributed by atoms with van der Waals surface area (Å²) in [6, 6.07) is 16.6. The van der Waals surface area contributed by atoms with Crippen molar-refractivity contribution in [3.05, 3.63) is 64.6 Å². The van der Waals surface area contributed by atoms with Crippen molar-refractivity contribution in [1.29, 1.82) is 0 Å². The van der Waals surface area contributed by atoms with E-state index in [0.717, 1.165) is 37.1 Å². The first-order valence-electron chi connectivity index (χ1n) is 9.79. The number of anilines is 4. The molecule has 1 aliphatic rings. The Morgan fingerprint density at radius 2 is 1.48 bits per heavy atom. The second kappa shape index (κ2) is 8.89. The van der Waals surface area contributed by atoms with Crippen LogP contribution in [0.5, 0.6) is 0 Å². The number of carbonyl (C=O) groups excluding carboxylic acids is 1. The number of rotatable bonds is 5. The molecule has 0 spiro atoms. The van der Waals surface area contributed by atoms with Crippen molar-refractivity contribution in [2.24, 2.45) is 5.92 Å². The second-order valence-corrected chi connectivity index (χ2v) is 8.02. The van der Waals surface area contributed by atoms with E-state index in [-0.39, 0.29) is 11.8 Å². The molecule has 4 rings (SSSR count). The lowest BCUT2D eigenvalue weighted by atomic mass is 9.89. The zero-order chi connectivity index (χ0) is 20.2. The molecule has 1 aromatic heterocycles. The molecule has 150 valence electrons. The van der Waals surface area contributed by atoms with E-state index in [1.807, 2.05) is 36.4 Å². The normalized spacial score (nSPS) is 14.6. The predicted molar refractivity (Wildman–Crippen MR) is 119 cm³/mol. The Labute approximate surface area is 180 Å². The highest BCUT2D eigenvalue weighted by molar-refractivity contribution is 6.33. The molecule has 0 amide bonds. The summed E-state index contributed by atoms with van der Waals surface area (Å²) in [5.41, 5.74) is 1.45. The summed E-state index contributed by atoms with van der Waals surface area (Å²) < 4.78 is 1.46. The molecule has 3 aromatic rings. The van der Waals surface area contributed by atoms with Crippen LogP contribution in [0.3, 0.4) is 0 Å². The van der Waals surface area contributed by atoms with Crippen LogP contribution in [-0.2, 0) is 0 Å². The van der Waals surface area contributed by atoms with Gasteiger partial charge in [0.2, 0.25) is 0 Å². The van der Waals surface area contributed by atoms with E-state index in [1.54, 1.807) is 18.2 Å².